The summed E-state index contributed by atoms with van der Waals surface area (Å²) in [5, 5.41) is 5.17. The van der Waals surface area contributed by atoms with Crippen LogP contribution in [-0.2, 0) is 16.1 Å². The van der Waals surface area contributed by atoms with Gasteiger partial charge in [-0.3, -0.25) is 9.59 Å². The minimum atomic E-state index is -0.406. The number of hydrogen-bond acceptors (Lipinski definition) is 4. The highest BCUT2D eigenvalue weighted by molar-refractivity contribution is 8.01. The highest BCUT2D eigenvalue weighted by atomic mass is 32.2. The van der Waals surface area contributed by atoms with E-state index >= 15 is 0 Å². The summed E-state index contributed by atoms with van der Waals surface area (Å²) in [5.41, 5.74) is 0.805. The zero-order chi connectivity index (χ0) is 14.7. The smallest absolute Gasteiger partial charge is 0.238 e. The van der Waals surface area contributed by atoms with Crippen molar-refractivity contribution in [3.8, 4) is 0 Å². The van der Waals surface area contributed by atoms with Gasteiger partial charge in [0.1, 0.15) is 5.76 Å². The predicted octanol–water partition coefficient (Wildman–Crippen LogP) is 2.40. The van der Waals surface area contributed by atoms with Crippen LogP contribution in [0.5, 0.6) is 0 Å². The van der Waals surface area contributed by atoms with Gasteiger partial charge in [0, 0.05) is 11.3 Å². The van der Waals surface area contributed by atoms with Crippen molar-refractivity contribution in [2.75, 3.05) is 5.32 Å². The molecular formula is C15H14N2O3S. The van der Waals surface area contributed by atoms with Crippen molar-refractivity contribution in [3.63, 3.8) is 0 Å². The molecule has 1 atom stereocenters. The molecule has 1 aromatic heterocycles. The lowest BCUT2D eigenvalue weighted by atomic mass is 10.2. The van der Waals surface area contributed by atoms with Crippen molar-refractivity contribution in [1.82, 2.24) is 5.32 Å². The molecule has 0 fully saturated rings. The van der Waals surface area contributed by atoms with Gasteiger partial charge < -0.3 is 15.1 Å². The summed E-state index contributed by atoms with van der Waals surface area (Å²) in [7, 11) is 0. The Balaban J connectivity index is 1.57. The van der Waals surface area contributed by atoms with E-state index in [0.717, 1.165) is 10.6 Å². The van der Waals surface area contributed by atoms with E-state index in [0.29, 0.717) is 12.3 Å². The predicted molar refractivity (Wildman–Crippen MR) is 79.9 cm³/mol. The van der Waals surface area contributed by atoms with Gasteiger partial charge in [-0.1, -0.05) is 12.1 Å². The third-order valence-electron chi connectivity index (χ3n) is 3.12. The van der Waals surface area contributed by atoms with Gasteiger partial charge in [-0.2, -0.15) is 0 Å². The molecule has 2 N–H and O–H groups in total. The van der Waals surface area contributed by atoms with Gasteiger partial charge in [-0.15, -0.1) is 11.8 Å². The van der Waals surface area contributed by atoms with Crippen LogP contribution in [0.25, 0.3) is 0 Å². The lowest BCUT2D eigenvalue weighted by Gasteiger charge is -2.23. The molecule has 2 aromatic rings. The standard InChI is InChI=1S/C15H14N2O3S/c18-14(16-9-10-4-3-7-20-10)8-13-15(19)17-11-5-1-2-6-12(11)21-13/h1-7,13H,8-9H2,(H,16,18)(H,17,19)/t13-/m1/s1. The molecule has 0 spiro atoms. The fourth-order valence-electron chi connectivity index (χ4n) is 2.07. The Kier molecular flexibility index (Phi) is 3.96. The Morgan fingerprint density at radius 2 is 2.14 bits per heavy atom. The van der Waals surface area contributed by atoms with Crippen molar-refractivity contribution >= 4 is 29.3 Å². The summed E-state index contributed by atoms with van der Waals surface area (Å²) in [5.74, 6) is 0.389. The van der Waals surface area contributed by atoms with Gasteiger partial charge in [0.25, 0.3) is 0 Å². The Bertz CT molecular complexity index is 655. The van der Waals surface area contributed by atoms with Gasteiger partial charge in [0.05, 0.1) is 23.7 Å². The van der Waals surface area contributed by atoms with Crippen LogP contribution in [-0.4, -0.2) is 17.1 Å². The maximum atomic E-state index is 12.0. The largest absolute Gasteiger partial charge is 0.467 e. The number of rotatable bonds is 4. The van der Waals surface area contributed by atoms with E-state index in [1.807, 2.05) is 24.3 Å². The lowest BCUT2D eigenvalue weighted by molar-refractivity contribution is -0.124. The summed E-state index contributed by atoms with van der Waals surface area (Å²) >= 11 is 1.42. The third-order valence-corrected chi connectivity index (χ3v) is 4.39. The number of benzene rings is 1. The lowest BCUT2D eigenvalue weighted by Crippen LogP contribution is -2.34. The number of thioether (sulfide) groups is 1. The van der Waals surface area contributed by atoms with E-state index in [1.165, 1.54) is 11.8 Å². The molecule has 0 radical (unpaired) electrons. The molecule has 2 amide bonds. The van der Waals surface area contributed by atoms with E-state index in [9.17, 15) is 9.59 Å². The first-order valence-corrected chi connectivity index (χ1v) is 7.46. The molecule has 0 aliphatic carbocycles. The highest BCUT2D eigenvalue weighted by Crippen LogP contribution is 2.36. The maximum Gasteiger partial charge on any atom is 0.238 e. The van der Waals surface area contributed by atoms with Crippen molar-refractivity contribution < 1.29 is 14.0 Å². The topological polar surface area (TPSA) is 71.3 Å². The molecule has 0 bridgehead atoms. The molecule has 0 saturated heterocycles. The van der Waals surface area contributed by atoms with E-state index < -0.39 is 5.25 Å². The Morgan fingerprint density at radius 1 is 1.29 bits per heavy atom. The third kappa shape index (κ3) is 3.28. The van der Waals surface area contributed by atoms with Gasteiger partial charge in [-0.05, 0) is 24.3 Å². The van der Waals surface area contributed by atoms with Crippen LogP contribution < -0.4 is 10.6 Å². The van der Waals surface area contributed by atoms with Crippen LogP contribution in [0.4, 0.5) is 5.69 Å². The highest BCUT2D eigenvalue weighted by Gasteiger charge is 2.28. The molecule has 6 heteroatoms. The Morgan fingerprint density at radius 3 is 2.95 bits per heavy atom. The molecule has 108 valence electrons. The number of nitrogens with one attached hydrogen (secondary N) is 2. The molecule has 1 aliphatic rings. The number of anilines is 1. The number of carbonyl (C=O) groups excluding carboxylic acids is 2. The number of furan rings is 1. The molecule has 5 nitrogen and oxygen atoms in total. The van der Waals surface area contributed by atoms with Crippen molar-refractivity contribution in [1.29, 1.82) is 0 Å². The fraction of sp³-hybridized carbons (Fsp3) is 0.200. The summed E-state index contributed by atoms with van der Waals surface area (Å²) in [6, 6.07) is 11.1. The van der Waals surface area contributed by atoms with Crippen molar-refractivity contribution in [3.05, 3.63) is 48.4 Å². The quantitative estimate of drug-likeness (QED) is 0.909. The van der Waals surface area contributed by atoms with Crippen molar-refractivity contribution in [2.45, 2.75) is 23.1 Å². The molecule has 0 saturated carbocycles. The zero-order valence-corrected chi connectivity index (χ0v) is 12.0. The van der Waals surface area contributed by atoms with E-state index in [2.05, 4.69) is 10.6 Å². The summed E-state index contributed by atoms with van der Waals surface area (Å²) in [6.45, 7) is 0.335. The molecular weight excluding hydrogens is 288 g/mol. The summed E-state index contributed by atoms with van der Waals surface area (Å²) in [4.78, 5) is 24.9. The second-order valence-electron chi connectivity index (χ2n) is 4.65. The second kappa shape index (κ2) is 6.05. The van der Waals surface area contributed by atoms with Crippen LogP contribution in [0.1, 0.15) is 12.2 Å². The monoisotopic (exact) mass is 302 g/mol. The maximum absolute atomic E-state index is 12.0. The normalized spacial score (nSPS) is 17.0. The molecule has 21 heavy (non-hydrogen) atoms. The first kappa shape index (κ1) is 13.8. The van der Waals surface area contributed by atoms with Crippen LogP contribution in [0.2, 0.25) is 0 Å². The van der Waals surface area contributed by atoms with E-state index in [1.54, 1.807) is 18.4 Å². The Hall–Kier alpha value is -2.21. The van der Waals surface area contributed by atoms with Gasteiger partial charge in [0.15, 0.2) is 0 Å². The van der Waals surface area contributed by atoms with E-state index in [4.69, 9.17) is 4.42 Å². The summed E-state index contributed by atoms with van der Waals surface area (Å²) < 4.78 is 5.14. The van der Waals surface area contributed by atoms with Gasteiger partial charge >= 0.3 is 0 Å². The molecule has 1 aliphatic heterocycles. The average Bonchev–Trinajstić information content (AvgIpc) is 2.99. The Labute approximate surface area is 126 Å². The molecule has 2 heterocycles. The zero-order valence-electron chi connectivity index (χ0n) is 11.2. The van der Waals surface area contributed by atoms with Crippen LogP contribution in [0.15, 0.2) is 52.0 Å². The molecule has 1 aromatic carbocycles. The SMILES string of the molecule is O=C(C[C@H]1Sc2ccccc2NC1=O)NCc1ccco1. The van der Waals surface area contributed by atoms with Crippen LogP contribution in [0, 0.1) is 0 Å². The van der Waals surface area contributed by atoms with Crippen LogP contribution >= 0.6 is 11.8 Å². The minimum Gasteiger partial charge on any atom is -0.467 e. The fourth-order valence-corrected chi connectivity index (χ4v) is 3.18. The number of carbonyl (C=O) groups is 2. The first-order valence-electron chi connectivity index (χ1n) is 6.58. The van der Waals surface area contributed by atoms with Gasteiger partial charge in [-0.25, -0.2) is 0 Å². The van der Waals surface area contributed by atoms with E-state index in [-0.39, 0.29) is 18.2 Å². The summed E-state index contributed by atoms with van der Waals surface area (Å²) in [6.07, 6.45) is 1.70. The minimum absolute atomic E-state index is 0.133. The molecule has 0 unspecified atom stereocenters. The number of amides is 2. The number of para-hydroxylation sites is 1. The first-order chi connectivity index (χ1) is 10.2. The van der Waals surface area contributed by atoms with Gasteiger partial charge in [0.2, 0.25) is 11.8 Å². The molecule has 3 rings (SSSR count). The number of hydrogen-bond donors (Lipinski definition) is 2. The van der Waals surface area contributed by atoms with Crippen molar-refractivity contribution in [2.24, 2.45) is 0 Å². The average molecular weight is 302 g/mol. The second-order valence-corrected chi connectivity index (χ2v) is 5.90. The van der Waals surface area contributed by atoms with Crippen LogP contribution in [0.3, 0.4) is 0 Å². The number of fused-ring (bicyclic) bond motifs is 1.